The number of benzene rings is 1. The third-order valence-electron chi connectivity index (χ3n) is 2.16. The number of aromatic nitrogens is 2. The van der Waals surface area contributed by atoms with Gasteiger partial charge in [-0.2, -0.15) is 5.10 Å². The number of amides is 1. The lowest BCUT2D eigenvalue weighted by atomic mass is 10.3. The molecule has 5 nitrogen and oxygen atoms in total. The number of ether oxygens (including phenoxy) is 1. The van der Waals surface area contributed by atoms with Crippen molar-refractivity contribution in [1.29, 1.82) is 0 Å². The van der Waals surface area contributed by atoms with Gasteiger partial charge in [0.2, 0.25) is 0 Å². The van der Waals surface area contributed by atoms with E-state index in [0.717, 1.165) is 5.56 Å². The summed E-state index contributed by atoms with van der Waals surface area (Å²) in [6.07, 6.45) is 3.40. The number of nitrogens with zero attached hydrogens (tertiary/aromatic N) is 1. The lowest BCUT2D eigenvalue weighted by Crippen LogP contribution is -2.28. The quantitative estimate of drug-likeness (QED) is 0.809. The fourth-order valence-electron chi connectivity index (χ4n) is 1.29. The van der Waals surface area contributed by atoms with Crippen LogP contribution < -0.4 is 10.1 Å². The van der Waals surface area contributed by atoms with Crippen LogP contribution in [0, 0.1) is 0 Å². The summed E-state index contributed by atoms with van der Waals surface area (Å²) in [6, 6.07) is 9.23. The molecule has 2 aromatic rings. The van der Waals surface area contributed by atoms with Crippen molar-refractivity contribution >= 4 is 5.91 Å². The minimum absolute atomic E-state index is 0.0157. The van der Waals surface area contributed by atoms with Crippen molar-refractivity contribution in [2.45, 2.75) is 6.54 Å². The van der Waals surface area contributed by atoms with Gasteiger partial charge in [0.1, 0.15) is 5.75 Å². The number of carbonyl (C=O) groups excluding carboxylic acids is 1. The number of rotatable bonds is 5. The number of carbonyl (C=O) groups is 1. The van der Waals surface area contributed by atoms with Crippen molar-refractivity contribution in [3.8, 4) is 5.75 Å². The highest BCUT2D eigenvalue weighted by molar-refractivity contribution is 5.77. The number of hydrogen-bond acceptors (Lipinski definition) is 3. The molecule has 1 aromatic heterocycles. The Morgan fingerprint density at radius 2 is 2.18 bits per heavy atom. The molecule has 5 heteroatoms. The SMILES string of the molecule is O=C(COc1ccccc1)NCc1cn[nH]c1. The highest BCUT2D eigenvalue weighted by Gasteiger charge is 2.02. The van der Waals surface area contributed by atoms with Gasteiger partial charge in [0.15, 0.2) is 6.61 Å². The van der Waals surface area contributed by atoms with Gasteiger partial charge in [0.05, 0.1) is 6.20 Å². The number of H-pyrrole nitrogens is 1. The van der Waals surface area contributed by atoms with Gasteiger partial charge in [-0.1, -0.05) is 18.2 Å². The molecule has 0 radical (unpaired) electrons. The Morgan fingerprint density at radius 3 is 2.88 bits per heavy atom. The summed E-state index contributed by atoms with van der Waals surface area (Å²) in [6.45, 7) is 0.468. The van der Waals surface area contributed by atoms with Gasteiger partial charge in [-0.3, -0.25) is 9.89 Å². The number of nitrogens with one attached hydrogen (secondary N) is 2. The van der Waals surface area contributed by atoms with E-state index in [0.29, 0.717) is 12.3 Å². The lowest BCUT2D eigenvalue weighted by Gasteiger charge is -2.06. The van der Waals surface area contributed by atoms with Crippen LogP contribution in [-0.4, -0.2) is 22.7 Å². The topological polar surface area (TPSA) is 67.0 Å². The molecule has 0 saturated carbocycles. The van der Waals surface area contributed by atoms with Crippen LogP contribution in [0.15, 0.2) is 42.7 Å². The van der Waals surface area contributed by atoms with Gasteiger partial charge in [0, 0.05) is 18.3 Å². The summed E-state index contributed by atoms with van der Waals surface area (Å²) in [4.78, 5) is 11.4. The highest BCUT2D eigenvalue weighted by atomic mass is 16.5. The molecule has 0 aliphatic carbocycles. The zero-order valence-electron chi connectivity index (χ0n) is 9.22. The third-order valence-corrected chi connectivity index (χ3v) is 2.16. The Balaban J connectivity index is 1.71. The number of para-hydroxylation sites is 1. The molecule has 0 spiro atoms. The van der Waals surface area contributed by atoms with E-state index < -0.39 is 0 Å². The van der Waals surface area contributed by atoms with E-state index in [1.165, 1.54) is 0 Å². The van der Waals surface area contributed by atoms with Crippen LogP contribution in [-0.2, 0) is 11.3 Å². The van der Waals surface area contributed by atoms with Crippen LogP contribution in [0.25, 0.3) is 0 Å². The van der Waals surface area contributed by atoms with Gasteiger partial charge >= 0.3 is 0 Å². The molecule has 0 unspecified atom stereocenters. The average Bonchev–Trinajstić information content (AvgIpc) is 2.88. The zero-order valence-corrected chi connectivity index (χ0v) is 9.22. The predicted molar refractivity (Wildman–Crippen MR) is 62.4 cm³/mol. The second kappa shape index (κ2) is 5.69. The Morgan fingerprint density at radius 1 is 1.35 bits per heavy atom. The van der Waals surface area contributed by atoms with E-state index in [4.69, 9.17) is 4.74 Å². The number of aromatic amines is 1. The minimum atomic E-state index is -0.157. The molecular weight excluding hydrogens is 218 g/mol. The largest absolute Gasteiger partial charge is 0.484 e. The van der Waals surface area contributed by atoms with Crippen LogP contribution in [0.5, 0.6) is 5.75 Å². The Bertz CT molecular complexity index is 454. The fourth-order valence-corrected chi connectivity index (χ4v) is 1.29. The van der Waals surface area contributed by atoms with Gasteiger partial charge in [-0.25, -0.2) is 0 Å². The van der Waals surface area contributed by atoms with Crippen LogP contribution in [0.1, 0.15) is 5.56 Å². The van der Waals surface area contributed by atoms with Gasteiger partial charge in [-0.15, -0.1) is 0 Å². The molecule has 1 amide bonds. The first-order chi connectivity index (χ1) is 8.34. The van der Waals surface area contributed by atoms with Gasteiger partial charge in [-0.05, 0) is 12.1 Å². The zero-order chi connectivity index (χ0) is 11.9. The lowest BCUT2D eigenvalue weighted by molar-refractivity contribution is -0.123. The Labute approximate surface area is 98.8 Å². The van der Waals surface area contributed by atoms with E-state index >= 15 is 0 Å². The minimum Gasteiger partial charge on any atom is -0.484 e. The summed E-state index contributed by atoms with van der Waals surface area (Å²) in [5.41, 5.74) is 0.929. The monoisotopic (exact) mass is 231 g/mol. The molecule has 17 heavy (non-hydrogen) atoms. The van der Waals surface area contributed by atoms with Crippen molar-refractivity contribution in [3.05, 3.63) is 48.3 Å². The fraction of sp³-hybridized carbons (Fsp3) is 0.167. The normalized spacial score (nSPS) is 9.88. The van der Waals surface area contributed by atoms with Crippen molar-refractivity contribution < 1.29 is 9.53 Å². The molecular formula is C12H13N3O2. The molecule has 0 aliphatic heterocycles. The van der Waals surface area contributed by atoms with Crippen molar-refractivity contribution in [1.82, 2.24) is 15.5 Å². The second-order valence-corrected chi connectivity index (χ2v) is 3.49. The molecule has 0 atom stereocenters. The maximum Gasteiger partial charge on any atom is 0.258 e. The molecule has 2 N–H and O–H groups in total. The van der Waals surface area contributed by atoms with Crippen LogP contribution >= 0.6 is 0 Å². The predicted octanol–water partition coefficient (Wildman–Crippen LogP) is 1.10. The Hall–Kier alpha value is -2.30. The van der Waals surface area contributed by atoms with Crippen molar-refractivity contribution in [2.24, 2.45) is 0 Å². The van der Waals surface area contributed by atoms with Crippen LogP contribution in [0.4, 0.5) is 0 Å². The number of hydrogen-bond donors (Lipinski definition) is 2. The van der Waals surface area contributed by atoms with Crippen LogP contribution in [0.3, 0.4) is 0 Å². The summed E-state index contributed by atoms with van der Waals surface area (Å²) < 4.78 is 5.30. The second-order valence-electron chi connectivity index (χ2n) is 3.49. The van der Waals surface area contributed by atoms with Gasteiger partial charge in [0.25, 0.3) is 5.91 Å². The molecule has 1 aromatic carbocycles. The smallest absolute Gasteiger partial charge is 0.258 e. The summed E-state index contributed by atoms with van der Waals surface area (Å²) >= 11 is 0. The van der Waals surface area contributed by atoms with Gasteiger partial charge < -0.3 is 10.1 Å². The van der Waals surface area contributed by atoms with E-state index in [1.54, 1.807) is 12.4 Å². The molecule has 0 fully saturated rings. The van der Waals surface area contributed by atoms with Crippen LogP contribution in [0.2, 0.25) is 0 Å². The first kappa shape index (κ1) is 11.2. The Kier molecular flexibility index (Phi) is 3.75. The summed E-state index contributed by atoms with van der Waals surface area (Å²) in [5, 5.41) is 9.20. The average molecular weight is 231 g/mol. The maximum absolute atomic E-state index is 11.4. The molecule has 88 valence electrons. The summed E-state index contributed by atoms with van der Waals surface area (Å²) in [5.74, 6) is 0.529. The standard InChI is InChI=1S/C12H13N3O2/c16-12(13-6-10-7-14-15-8-10)9-17-11-4-2-1-3-5-11/h1-5,7-8H,6,9H2,(H,13,16)(H,14,15). The third kappa shape index (κ3) is 3.64. The van der Waals surface area contributed by atoms with Crippen molar-refractivity contribution in [2.75, 3.05) is 6.61 Å². The summed E-state index contributed by atoms with van der Waals surface area (Å²) in [7, 11) is 0. The molecule has 0 bridgehead atoms. The van der Waals surface area contributed by atoms with Crippen molar-refractivity contribution in [3.63, 3.8) is 0 Å². The molecule has 0 saturated heterocycles. The highest BCUT2D eigenvalue weighted by Crippen LogP contribution is 2.07. The molecule has 2 rings (SSSR count). The first-order valence-electron chi connectivity index (χ1n) is 5.27. The van der Waals surface area contributed by atoms with E-state index in [9.17, 15) is 4.79 Å². The van der Waals surface area contributed by atoms with E-state index in [2.05, 4.69) is 15.5 Å². The molecule has 1 heterocycles. The van der Waals surface area contributed by atoms with E-state index in [-0.39, 0.29) is 12.5 Å². The maximum atomic E-state index is 11.4. The van der Waals surface area contributed by atoms with E-state index in [1.807, 2.05) is 30.3 Å². The first-order valence-corrected chi connectivity index (χ1v) is 5.27. The molecule has 0 aliphatic rings.